The lowest BCUT2D eigenvalue weighted by Crippen LogP contribution is -2.57. The third-order valence-electron chi connectivity index (χ3n) is 10.2. The number of fused-ring (bicyclic) bond motifs is 1. The predicted octanol–water partition coefficient (Wildman–Crippen LogP) is 7.96. The molecular formula is C44H44N4O3. The minimum absolute atomic E-state index is 0.0339. The van der Waals surface area contributed by atoms with E-state index >= 15 is 0 Å². The van der Waals surface area contributed by atoms with E-state index in [9.17, 15) is 9.59 Å². The van der Waals surface area contributed by atoms with Crippen molar-refractivity contribution in [2.45, 2.75) is 38.3 Å². The Morgan fingerprint density at radius 2 is 1.25 bits per heavy atom. The molecule has 2 heterocycles. The molecular weight excluding hydrogens is 633 g/mol. The van der Waals surface area contributed by atoms with Crippen molar-refractivity contribution in [2.75, 3.05) is 33.3 Å². The van der Waals surface area contributed by atoms with Crippen LogP contribution in [0.15, 0.2) is 133 Å². The van der Waals surface area contributed by atoms with Crippen molar-refractivity contribution >= 4 is 22.9 Å². The van der Waals surface area contributed by atoms with Gasteiger partial charge in [0.2, 0.25) is 0 Å². The van der Waals surface area contributed by atoms with Crippen LogP contribution in [-0.4, -0.2) is 64.5 Å². The SMILES string of the molecule is CCCCc1nc2ccc(C(=O)N3CCN(C(c4ccccc4)(c4ccccc4)c4ccccc4)CC3)cc2n1Cc1ccc(C(=O)OC)cc1. The van der Waals surface area contributed by atoms with Crippen LogP contribution in [0.3, 0.4) is 0 Å². The molecule has 1 aliphatic rings. The highest BCUT2D eigenvalue weighted by molar-refractivity contribution is 5.97. The summed E-state index contributed by atoms with van der Waals surface area (Å²) in [5, 5.41) is 0. The van der Waals surface area contributed by atoms with E-state index in [4.69, 9.17) is 9.72 Å². The average Bonchev–Trinajstić information content (AvgIpc) is 3.54. The number of benzene rings is 5. The van der Waals surface area contributed by atoms with Crippen LogP contribution in [0.2, 0.25) is 0 Å². The lowest BCUT2D eigenvalue weighted by atomic mass is 9.75. The second-order valence-electron chi connectivity index (χ2n) is 13.2. The van der Waals surface area contributed by atoms with Crippen LogP contribution in [0, 0.1) is 0 Å². The summed E-state index contributed by atoms with van der Waals surface area (Å²) in [4.78, 5) is 35.8. The number of hydrogen-bond donors (Lipinski definition) is 0. The molecule has 0 spiro atoms. The van der Waals surface area contributed by atoms with Gasteiger partial charge in [0.05, 0.1) is 29.2 Å². The van der Waals surface area contributed by atoms with Gasteiger partial charge in [0.1, 0.15) is 5.82 Å². The summed E-state index contributed by atoms with van der Waals surface area (Å²) in [5.41, 5.74) is 7.18. The molecule has 1 fully saturated rings. The summed E-state index contributed by atoms with van der Waals surface area (Å²) in [5.74, 6) is 0.681. The average molecular weight is 677 g/mol. The quantitative estimate of drug-likeness (QED) is 0.103. The first-order valence-corrected chi connectivity index (χ1v) is 17.9. The molecule has 0 bridgehead atoms. The molecule has 0 radical (unpaired) electrons. The van der Waals surface area contributed by atoms with Crippen LogP contribution in [0.4, 0.5) is 0 Å². The summed E-state index contributed by atoms with van der Waals surface area (Å²) in [6.07, 6.45) is 2.94. The van der Waals surface area contributed by atoms with Gasteiger partial charge in [-0.15, -0.1) is 0 Å². The molecule has 0 aliphatic carbocycles. The van der Waals surface area contributed by atoms with Crippen molar-refractivity contribution in [2.24, 2.45) is 0 Å². The molecule has 0 N–H and O–H groups in total. The van der Waals surface area contributed by atoms with Crippen molar-refractivity contribution < 1.29 is 14.3 Å². The molecule has 1 aromatic heterocycles. The van der Waals surface area contributed by atoms with E-state index in [2.05, 4.69) is 107 Å². The number of ether oxygens (including phenoxy) is 1. The standard InChI is InChI=1S/C44H44N4O3/c1-3-4-20-41-45-39-26-25-35(31-40(39)48(41)32-33-21-23-34(24-22-33)43(50)51-2)42(49)46-27-29-47(30-28-46)44(36-14-8-5-9-15-36,37-16-10-6-11-17-37)38-18-12-7-13-19-38/h5-19,21-26,31H,3-4,20,27-30,32H2,1-2H3. The topological polar surface area (TPSA) is 67.7 Å². The van der Waals surface area contributed by atoms with Crippen LogP contribution < -0.4 is 0 Å². The van der Waals surface area contributed by atoms with E-state index in [0.29, 0.717) is 43.9 Å². The highest BCUT2D eigenvalue weighted by Gasteiger charge is 2.43. The van der Waals surface area contributed by atoms with Crippen molar-refractivity contribution in [1.82, 2.24) is 19.4 Å². The Balaban J connectivity index is 1.18. The number of amides is 1. The Morgan fingerprint density at radius 3 is 1.78 bits per heavy atom. The van der Waals surface area contributed by atoms with Crippen LogP contribution >= 0.6 is 0 Å². The maximum Gasteiger partial charge on any atom is 0.337 e. The van der Waals surface area contributed by atoms with Gasteiger partial charge in [-0.1, -0.05) is 116 Å². The number of carbonyl (C=O) groups excluding carboxylic acids is 2. The molecule has 7 rings (SSSR count). The van der Waals surface area contributed by atoms with Gasteiger partial charge in [0.15, 0.2) is 0 Å². The molecule has 5 aromatic carbocycles. The van der Waals surface area contributed by atoms with Gasteiger partial charge >= 0.3 is 5.97 Å². The Hall–Kier alpha value is -5.53. The maximum atomic E-state index is 14.2. The van der Waals surface area contributed by atoms with Gasteiger partial charge in [-0.25, -0.2) is 9.78 Å². The molecule has 1 saturated heterocycles. The zero-order valence-corrected chi connectivity index (χ0v) is 29.4. The number of esters is 1. The number of imidazole rings is 1. The normalized spacial score (nSPS) is 13.7. The first kappa shape index (κ1) is 33.9. The Bertz CT molecular complexity index is 1990. The smallest absolute Gasteiger partial charge is 0.337 e. The second-order valence-corrected chi connectivity index (χ2v) is 13.2. The van der Waals surface area contributed by atoms with Gasteiger partial charge in [-0.05, 0) is 59.0 Å². The van der Waals surface area contributed by atoms with Crippen LogP contribution in [0.1, 0.15) is 68.6 Å². The lowest BCUT2D eigenvalue weighted by Gasteiger charge is -2.49. The van der Waals surface area contributed by atoms with Gasteiger partial charge in [0, 0.05) is 44.7 Å². The van der Waals surface area contributed by atoms with E-state index in [0.717, 1.165) is 41.7 Å². The fraction of sp³-hybridized carbons (Fsp3) is 0.250. The maximum absolute atomic E-state index is 14.2. The van der Waals surface area contributed by atoms with Crippen LogP contribution in [-0.2, 0) is 23.2 Å². The first-order valence-electron chi connectivity index (χ1n) is 17.9. The molecule has 0 unspecified atom stereocenters. The largest absolute Gasteiger partial charge is 0.465 e. The third-order valence-corrected chi connectivity index (χ3v) is 10.2. The number of carbonyl (C=O) groups is 2. The monoisotopic (exact) mass is 676 g/mol. The first-order chi connectivity index (χ1) is 25.0. The third kappa shape index (κ3) is 6.69. The molecule has 0 atom stereocenters. The minimum Gasteiger partial charge on any atom is -0.465 e. The lowest BCUT2D eigenvalue weighted by molar-refractivity contribution is 0.0496. The van der Waals surface area contributed by atoms with Crippen LogP contribution in [0.5, 0.6) is 0 Å². The molecule has 1 amide bonds. The van der Waals surface area contributed by atoms with E-state index < -0.39 is 5.54 Å². The second kappa shape index (κ2) is 15.2. The Labute approximate surface area is 300 Å². The fourth-order valence-corrected chi connectivity index (χ4v) is 7.57. The number of aryl methyl sites for hydroxylation is 1. The van der Waals surface area contributed by atoms with Crippen molar-refractivity contribution in [3.8, 4) is 0 Å². The van der Waals surface area contributed by atoms with Crippen LogP contribution in [0.25, 0.3) is 11.0 Å². The summed E-state index contributed by atoms with van der Waals surface area (Å²) < 4.78 is 7.10. The summed E-state index contributed by atoms with van der Waals surface area (Å²) in [7, 11) is 1.39. The van der Waals surface area contributed by atoms with Gasteiger partial charge in [0.25, 0.3) is 5.91 Å². The number of hydrogen-bond acceptors (Lipinski definition) is 5. The molecule has 0 saturated carbocycles. The van der Waals surface area contributed by atoms with Gasteiger partial charge in [-0.2, -0.15) is 0 Å². The molecule has 7 nitrogen and oxygen atoms in total. The summed E-state index contributed by atoms with van der Waals surface area (Å²) >= 11 is 0. The van der Waals surface area contributed by atoms with E-state index in [1.807, 2.05) is 35.2 Å². The van der Waals surface area contributed by atoms with Gasteiger partial charge in [-0.3, -0.25) is 9.69 Å². The van der Waals surface area contributed by atoms with Crippen molar-refractivity contribution in [3.05, 3.63) is 173 Å². The van der Waals surface area contributed by atoms with Gasteiger partial charge < -0.3 is 14.2 Å². The number of rotatable bonds is 11. The molecule has 1 aliphatic heterocycles. The highest BCUT2D eigenvalue weighted by Crippen LogP contribution is 2.43. The number of unbranched alkanes of at least 4 members (excludes halogenated alkanes) is 1. The summed E-state index contributed by atoms with van der Waals surface area (Å²) in [6, 6.07) is 45.6. The number of aromatic nitrogens is 2. The van der Waals surface area contributed by atoms with E-state index in [1.54, 1.807) is 12.1 Å². The zero-order chi connectivity index (χ0) is 35.2. The number of methoxy groups -OCH3 is 1. The van der Waals surface area contributed by atoms with Crippen molar-refractivity contribution in [3.63, 3.8) is 0 Å². The molecule has 51 heavy (non-hydrogen) atoms. The van der Waals surface area contributed by atoms with Crippen molar-refractivity contribution in [1.29, 1.82) is 0 Å². The fourth-order valence-electron chi connectivity index (χ4n) is 7.57. The minimum atomic E-state index is -0.506. The number of piperazine rings is 1. The van der Waals surface area contributed by atoms with E-state index in [1.165, 1.54) is 23.8 Å². The molecule has 6 aromatic rings. The Morgan fingerprint density at radius 1 is 0.706 bits per heavy atom. The molecule has 7 heteroatoms. The predicted molar refractivity (Wildman–Crippen MR) is 202 cm³/mol. The zero-order valence-electron chi connectivity index (χ0n) is 29.4. The highest BCUT2D eigenvalue weighted by atomic mass is 16.5. The van der Waals surface area contributed by atoms with E-state index in [-0.39, 0.29) is 11.9 Å². The summed E-state index contributed by atoms with van der Waals surface area (Å²) in [6.45, 7) is 5.42. The molecule has 258 valence electrons. The number of nitrogens with zero attached hydrogens (tertiary/aromatic N) is 4. The Kier molecular flexibility index (Phi) is 10.1.